The summed E-state index contributed by atoms with van der Waals surface area (Å²) in [5.74, 6) is 0.313. The summed E-state index contributed by atoms with van der Waals surface area (Å²) in [6, 6.07) is -0.0885. The number of aliphatic hydroxyl groups is 1. The van der Waals surface area contributed by atoms with Gasteiger partial charge in [0, 0.05) is 12.1 Å². The monoisotopic (exact) mass is 244 g/mol. The van der Waals surface area contributed by atoms with Crippen molar-refractivity contribution in [3.05, 3.63) is 0 Å². The number of nitrogens with one attached hydrogen (secondary N) is 2. The Hall–Kier alpha value is -0.610. The molecule has 4 nitrogen and oxygen atoms in total. The summed E-state index contributed by atoms with van der Waals surface area (Å²) in [5.41, 5.74) is 0. The molecule has 102 valence electrons. The van der Waals surface area contributed by atoms with E-state index in [0.29, 0.717) is 5.92 Å². The van der Waals surface area contributed by atoms with Crippen molar-refractivity contribution in [2.75, 3.05) is 6.61 Å². The Kier molecular flexibility index (Phi) is 8.17. The maximum Gasteiger partial charge on any atom is 0.237 e. The van der Waals surface area contributed by atoms with E-state index in [2.05, 4.69) is 17.6 Å². The lowest BCUT2D eigenvalue weighted by Crippen LogP contribution is -2.51. The lowest BCUT2D eigenvalue weighted by molar-refractivity contribution is -0.123. The Morgan fingerprint density at radius 2 is 1.82 bits per heavy atom. The van der Waals surface area contributed by atoms with Gasteiger partial charge in [-0.3, -0.25) is 4.79 Å². The van der Waals surface area contributed by atoms with Crippen LogP contribution in [0.25, 0.3) is 0 Å². The van der Waals surface area contributed by atoms with Crippen LogP contribution in [0, 0.1) is 5.92 Å². The summed E-state index contributed by atoms with van der Waals surface area (Å²) >= 11 is 0. The van der Waals surface area contributed by atoms with E-state index in [0.717, 1.165) is 12.8 Å². The summed E-state index contributed by atoms with van der Waals surface area (Å²) < 4.78 is 0. The Balaban J connectivity index is 4.12. The van der Waals surface area contributed by atoms with E-state index in [4.69, 9.17) is 0 Å². The van der Waals surface area contributed by atoms with Crippen molar-refractivity contribution >= 4 is 5.91 Å². The highest BCUT2D eigenvalue weighted by molar-refractivity contribution is 5.81. The first kappa shape index (κ1) is 16.4. The molecule has 0 aromatic heterocycles. The number of carbonyl (C=O) groups is 1. The second-order valence-corrected chi connectivity index (χ2v) is 5.12. The molecule has 0 aliphatic heterocycles. The van der Waals surface area contributed by atoms with Crippen molar-refractivity contribution in [2.45, 2.75) is 65.6 Å². The summed E-state index contributed by atoms with van der Waals surface area (Å²) in [7, 11) is 0. The van der Waals surface area contributed by atoms with E-state index in [-0.39, 0.29) is 30.6 Å². The highest BCUT2D eigenvalue weighted by Crippen LogP contribution is 2.02. The van der Waals surface area contributed by atoms with E-state index in [1.54, 1.807) is 0 Å². The third-order valence-electron chi connectivity index (χ3n) is 2.97. The van der Waals surface area contributed by atoms with Crippen LogP contribution in [0.5, 0.6) is 0 Å². The van der Waals surface area contributed by atoms with Crippen molar-refractivity contribution in [3.63, 3.8) is 0 Å². The van der Waals surface area contributed by atoms with Crippen LogP contribution in [0.1, 0.15) is 47.5 Å². The molecule has 0 aliphatic carbocycles. The van der Waals surface area contributed by atoms with Crippen LogP contribution in [0.15, 0.2) is 0 Å². The van der Waals surface area contributed by atoms with Gasteiger partial charge >= 0.3 is 0 Å². The molecule has 1 amide bonds. The van der Waals surface area contributed by atoms with Gasteiger partial charge in [-0.15, -0.1) is 0 Å². The van der Waals surface area contributed by atoms with E-state index in [1.807, 2.05) is 27.7 Å². The molecule has 0 aromatic carbocycles. The molecule has 4 heteroatoms. The smallest absolute Gasteiger partial charge is 0.237 e. The van der Waals surface area contributed by atoms with E-state index in [1.165, 1.54) is 0 Å². The van der Waals surface area contributed by atoms with Crippen molar-refractivity contribution in [3.8, 4) is 0 Å². The molecule has 0 rings (SSSR count). The third-order valence-corrected chi connectivity index (χ3v) is 2.97. The number of hydrogen-bond donors (Lipinski definition) is 3. The maximum absolute atomic E-state index is 11.8. The molecule has 0 saturated carbocycles. The quantitative estimate of drug-likeness (QED) is 0.603. The molecule has 3 unspecified atom stereocenters. The van der Waals surface area contributed by atoms with Crippen LogP contribution in [-0.2, 0) is 4.79 Å². The van der Waals surface area contributed by atoms with Crippen LogP contribution in [0.4, 0.5) is 0 Å². The van der Waals surface area contributed by atoms with Gasteiger partial charge < -0.3 is 15.7 Å². The molecule has 0 spiro atoms. The van der Waals surface area contributed by atoms with Gasteiger partial charge in [-0.25, -0.2) is 0 Å². The number of hydrogen-bond acceptors (Lipinski definition) is 3. The number of carbonyl (C=O) groups excluding carboxylic acids is 1. The van der Waals surface area contributed by atoms with Gasteiger partial charge in [0.2, 0.25) is 5.91 Å². The highest BCUT2D eigenvalue weighted by Gasteiger charge is 2.20. The zero-order valence-corrected chi connectivity index (χ0v) is 11.8. The normalized spacial score (nSPS) is 16.6. The van der Waals surface area contributed by atoms with Crippen LogP contribution in [0.2, 0.25) is 0 Å². The average molecular weight is 244 g/mol. The summed E-state index contributed by atoms with van der Waals surface area (Å²) in [6.45, 7) is 10.1. The molecular formula is C13H28N2O2. The second-order valence-electron chi connectivity index (χ2n) is 5.12. The van der Waals surface area contributed by atoms with Gasteiger partial charge in [-0.05, 0) is 26.2 Å². The predicted molar refractivity (Wildman–Crippen MR) is 70.8 cm³/mol. The van der Waals surface area contributed by atoms with Gasteiger partial charge in [0.25, 0.3) is 0 Å². The zero-order valence-electron chi connectivity index (χ0n) is 11.8. The molecule has 0 aromatic rings. The van der Waals surface area contributed by atoms with Gasteiger partial charge in [0.15, 0.2) is 0 Å². The van der Waals surface area contributed by atoms with Crippen LogP contribution >= 0.6 is 0 Å². The van der Waals surface area contributed by atoms with E-state index < -0.39 is 0 Å². The Morgan fingerprint density at radius 1 is 1.24 bits per heavy atom. The van der Waals surface area contributed by atoms with Crippen LogP contribution in [0.3, 0.4) is 0 Å². The topological polar surface area (TPSA) is 61.4 Å². The van der Waals surface area contributed by atoms with Crippen molar-refractivity contribution in [1.82, 2.24) is 10.6 Å². The fourth-order valence-corrected chi connectivity index (χ4v) is 1.73. The molecule has 0 fully saturated rings. The van der Waals surface area contributed by atoms with Gasteiger partial charge in [0.05, 0.1) is 12.6 Å². The predicted octanol–water partition coefficient (Wildman–Crippen LogP) is 1.29. The van der Waals surface area contributed by atoms with E-state index in [9.17, 15) is 9.90 Å². The number of aliphatic hydroxyl groups excluding tert-OH is 1. The van der Waals surface area contributed by atoms with Crippen LogP contribution in [-0.4, -0.2) is 35.7 Å². The highest BCUT2D eigenvalue weighted by atomic mass is 16.3. The Labute approximate surface area is 105 Å². The number of rotatable bonds is 8. The van der Waals surface area contributed by atoms with Crippen molar-refractivity contribution in [1.29, 1.82) is 0 Å². The minimum atomic E-state index is -0.270. The zero-order chi connectivity index (χ0) is 13.4. The molecule has 0 heterocycles. The van der Waals surface area contributed by atoms with Gasteiger partial charge in [-0.2, -0.15) is 0 Å². The first-order valence-electron chi connectivity index (χ1n) is 6.59. The Bertz CT molecular complexity index is 219. The average Bonchev–Trinajstić information content (AvgIpc) is 2.25. The van der Waals surface area contributed by atoms with Crippen molar-refractivity contribution < 1.29 is 9.90 Å². The van der Waals surface area contributed by atoms with Gasteiger partial charge in [-0.1, -0.05) is 27.2 Å². The molecule has 3 N–H and O–H groups in total. The van der Waals surface area contributed by atoms with Crippen LogP contribution < -0.4 is 10.6 Å². The Morgan fingerprint density at radius 3 is 2.24 bits per heavy atom. The SMILES string of the molecule is CCCC(C)NC(=O)C(C)NC(CO)C(C)C. The summed E-state index contributed by atoms with van der Waals surface area (Å²) in [6.07, 6.45) is 2.06. The molecule has 3 atom stereocenters. The molecule has 17 heavy (non-hydrogen) atoms. The number of amides is 1. The largest absolute Gasteiger partial charge is 0.395 e. The first-order chi connectivity index (χ1) is 7.92. The molecule has 0 saturated heterocycles. The minimum Gasteiger partial charge on any atom is -0.395 e. The lowest BCUT2D eigenvalue weighted by atomic mass is 10.0. The molecule has 0 bridgehead atoms. The fourth-order valence-electron chi connectivity index (χ4n) is 1.73. The summed E-state index contributed by atoms with van der Waals surface area (Å²) in [4.78, 5) is 11.8. The van der Waals surface area contributed by atoms with E-state index >= 15 is 0 Å². The van der Waals surface area contributed by atoms with Gasteiger partial charge in [0.1, 0.15) is 0 Å². The fraction of sp³-hybridized carbons (Fsp3) is 0.923. The summed E-state index contributed by atoms with van der Waals surface area (Å²) in [5, 5.41) is 15.3. The first-order valence-corrected chi connectivity index (χ1v) is 6.59. The second kappa shape index (κ2) is 8.48. The minimum absolute atomic E-state index is 0.00468. The standard InChI is InChI=1S/C13H28N2O2/c1-6-7-10(4)14-13(17)11(5)15-12(8-16)9(2)3/h9-12,15-16H,6-8H2,1-5H3,(H,14,17). The molecule has 0 aliphatic rings. The third kappa shape index (κ3) is 6.64. The molecular weight excluding hydrogens is 216 g/mol. The lowest BCUT2D eigenvalue weighted by Gasteiger charge is -2.25. The van der Waals surface area contributed by atoms with Crippen molar-refractivity contribution in [2.24, 2.45) is 5.92 Å². The maximum atomic E-state index is 11.8. The molecule has 0 radical (unpaired) electrons.